The summed E-state index contributed by atoms with van der Waals surface area (Å²) in [6.45, 7) is 1.76. The van der Waals surface area contributed by atoms with Crippen molar-refractivity contribution in [3.63, 3.8) is 0 Å². The Kier molecular flexibility index (Phi) is 6.94. The van der Waals surface area contributed by atoms with Gasteiger partial charge in [0.1, 0.15) is 11.9 Å². The number of nitrogens with zero attached hydrogens (tertiary/aromatic N) is 2. The number of ether oxygens (including phenoxy) is 1. The molecule has 2 amide bonds. The molecule has 6 N–H and O–H groups in total. The number of benzene rings is 2. The van der Waals surface area contributed by atoms with Crippen molar-refractivity contribution >= 4 is 23.8 Å². The van der Waals surface area contributed by atoms with Crippen molar-refractivity contribution in [3.8, 4) is 11.5 Å². The zero-order chi connectivity index (χ0) is 32.9. The summed E-state index contributed by atoms with van der Waals surface area (Å²) in [6.07, 6.45) is -0.652. The van der Waals surface area contributed by atoms with Crippen LogP contribution in [0.5, 0.6) is 11.5 Å². The van der Waals surface area contributed by atoms with Crippen LogP contribution in [0.3, 0.4) is 0 Å². The fourth-order valence-corrected chi connectivity index (χ4v) is 8.52. The number of amides is 2. The Labute approximate surface area is 261 Å². The fraction of sp³-hybridized carbons (Fsp3) is 0.500. The molecule has 2 aromatic rings. The zero-order valence-electron chi connectivity index (χ0n) is 24.5. The second kappa shape index (κ2) is 10.5. The molecule has 0 aromatic heterocycles. The van der Waals surface area contributed by atoms with E-state index >= 15 is 0 Å². The van der Waals surface area contributed by atoms with E-state index in [1.54, 1.807) is 6.07 Å². The van der Waals surface area contributed by atoms with Crippen LogP contribution in [0.4, 0.5) is 4.39 Å². The van der Waals surface area contributed by atoms with Crippen molar-refractivity contribution in [2.45, 2.75) is 79.9 Å². The molecule has 3 heterocycles. The molecule has 3 aliphatic carbocycles. The second-order valence-electron chi connectivity index (χ2n) is 13.1. The zero-order valence-corrected chi connectivity index (χ0v) is 24.5. The number of aliphatic hydroxyl groups is 3. The van der Waals surface area contributed by atoms with E-state index in [0.29, 0.717) is 37.4 Å². The first-order valence-corrected chi connectivity index (χ1v) is 15.3. The number of carbonyl (C=O) groups is 4. The van der Waals surface area contributed by atoms with E-state index in [2.05, 4.69) is 4.90 Å². The number of aromatic hydroxyl groups is 1. The summed E-state index contributed by atoms with van der Waals surface area (Å²) in [5.74, 6) is -4.00. The van der Waals surface area contributed by atoms with Crippen LogP contribution in [0.1, 0.15) is 63.9 Å². The van der Waals surface area contributed by atoms with Crippen LogP contribution in [-0.4, -0.2) is 113 Å². The van der Waals surface area contributed by atoms with Gasteiger partial charge < -0.3 is 35.4 Å². The van der Waals surface area contributed by atoms with E-state index in [1.165, 1.54) is 29.9 Å². The number of carboxylic acids is 2. The second-order valence-corrected chi connectivity index (χ2v) is 13.1. The average molecular weight is 641 g/mol. The minimum Gasteiger partial charge on any atom is -0.504 e. The molecular formula is C32H33FN2O11. The highest BCUT2D eigenvalue weighted by molar-refractivity contribution is 6.21. The first kappa shape index (κ1) is 30.5. The molecule has 14 heteroatoms. The smallest absolute Gasteiger partial charge is 0.335 e. The highest BCUT2D eigenvalue weighted by atomic mass is 19.1. The molecule has 2 unspecified atom stereocenters. The first-order valence-electron chi connectivity index (χ1n) is 15.3. The van der Waals surface area contributed by atoms with Crippen molar-refractivity contribution in [3.05, 3.63) is 58.4 Å². The SMILES string of the molecule is O=C(O)C(O)C(O)C(=O)O.O=C1c2ccc(F)cc2C(=O)N1[C@@H]1CC[C@@]2(O)[C@H]3Cc4ccc(O)c5c4[C@@]2(CCN3CC2CC2)[C@H]1O5. The summed E-state index contributed by atoms with van der Waals surface area (Å²) in [4.78, 5) is 50.1. The molecule has 13 nitrogen and oxygen atoms in total. The summed E-state index contributed by atoms with van der Waals surface area (Å²) in [6, 6.07) is 6.54. The molecule has 6 aliphatic rings. The molecular weight excluding hydrogens is 607 g/mol. The maximum absolute atomic E-state index is 13.9. The number of likely N-dealkylation sites (tertiary alicyclic amines) is 1. The Hall–Kier alpha value is -4.11. The quantitative estimate of drug-likeness (QED) is 0.241. The van der Waals surface area contributed by atoms with E-state index in [-0.39, 0.29) is 22.9 Å². The lowest BCUT2D eigenvalue weighted by molar-refractivity contribution is -0.196. The Morgan fingerprint density at radius 1 is 0.978 bits per heavy atom. The van der Waals surface area contributed by atoms with E-state index in [9.17, 15) is 33.8 Å². The largest absolute Gasteiger partial charge is 0.504 e. The van der Waals surface area contributed by atoms with E-state index in [1.807, 2.05) is 6.07 Å². The number of aliphatic carboxylic acids is 2. The Balaban J connectivity index is 0.000000296. The van der Waals surface area contributed by atoms with Gasteiger partial charge in [-0.05, 0) is 80.8 Å². The van der Waals surface area contributed by atoms with Gasteiger partial charge in [-0.2, -0.15) is 0 Å². The summed E-state index contributed by atoms with van der Waals surface area (Å²) >= 11 is 0. The topological polar surface area (TPSA) is 205 Å². The maximum Gasteiger partial charge on any atom is 0.335 e. The molecule has 3 aliphatic heterocycles. The summed E-state index contributed by atoms with van der Waals surface area (Å²) in [7, 11) is 0. The minimum atomic E-state index is -2.27. The lowest BCUT2D eigenvalue weighted by Crippen LogP contribution is -2.78. The van der Waals surface area contributed by atoms with Gasteiger partial charge in [0.25, 0.3) is 11.8 Å². The van der Waals surface area contributed by atoms with Crippen LogP contribution in [-0.2, 0) is 21.4 Å². The normalized spacial score (nSPS) is 31.7. The van der Waals surface area contributed by atoms with Crippen molar-refractivity contribution in [1.29, 1.82) is 0 Å². The molecule has 1 saturated heterocycles. The van der Waals surface area contributed by atoms with Gasteiger partial charge in [-0.3, -0.25) is 19.4 Å². The number of carboxylic acid groups (broad SMARTS) is 2. The molecule has 46 heavy (non-hydrogen) atoms. The first-order chi connectivity index (χ1) is 21.8. The van der Waals surface area contributed by atoms with E-state index < -0.39 is 64.9 Å². The van der Waals surface area contributed by atoms with Crippen molar-refractivity contribution < 1.29 is 58.9 Å². The number of aliphatic hydroxyl groups excluding tert-OH is 2. The van der Waals surface area contributed by atoms with Crippen LogP contribution in [0.15, 0.2) is 30.3 Å². The third kappa shape index (κ3) is 4.20. The molecule has 0 radical (unpaired) electrons. The van der Waals surface area contributed by atoms with Crippen LogP contribution >= 0.6 is 0 Å². The van der Waals surface area contributed by atoms with Crippen molar-refractivity contribution in [2.75, 3.05) is 13.1 Å². The molecule has 3 fully saturated rings. The number of imide groups is 1. The molecule has 244 valence electrons. The number of piperidine rings is 1. The van der Waals surface area contributed by atoms with Crippen LogP contribution in [0, 0.1) is 11.7 Å². The number of fused-ring (bicyclic) bond motifs is 1. The van der Waals surface area contributed by atoms with Gasteiger partial charge in [0, 0.05) is 18.2 Å². The molecule has 2 bridgehead atoms. The van der Waals surface area contributed by atoms with Crippen LogP contribution in [0.25, 0.3) is 0 Å². The Morgan fingerprint density at radius 3 is 2.30 bits per heavy atom. The number of hydrogen-bond donors (Lipinski definition) is 6. The van der Waals surface area contributed by atoms with Gasteiger partial charge in [0.2, 0.25) is 0 Å². The van der Waals surface area contributed by atoms with E-state index in [4.69, 9.17) is 25.2 Å². The monoisotopic (exact) mass is 640 g/mol. The highest BCUT2D eigenvalue weighted by Gasteiger charge is 2.74. The fourth-order valence-electron chi connectivity index (χ4n) is 8.52. The summed E-state index contributed by atoms with van der Waals surface area (Å²) in [5, 5.41) is 55.9. The standard InChI is InChI=1S/C28H27FN2O5.C4H6O6/c29-16-4-5-17-18(12-16)26(34)31(25(17)33)19-7-8-28(35)21-11-15-3-6-20(32)23-22(15)27(28,24(19)36-23)9-10-30(21)13-14-1-2-14;5-1(3(7)8)2(6)4(9)10/h3-6,12,14,19,21,24,32,35H,1-2,7-11,13H2;1-2,5-6H,(H,7,8)(H,9,10)/t19-,21-,24+,27+,28-;/m1./s1. The predicted octanol–water partition coefficient (Wildman–Crippen LogP) is 0.638. The van der Waals surface area contributed by atoms with Crippen LogP contribution in [0.2, 0.25) is 0 Å². The van der Waals surface area contributed by atoms with Gasteiger partial charge in [-0.15, -0.1) is 0 Å². The number of phenols is 1. The Bertz CT molecular complexity index is 1660. The van der Waals surface area contributed by atoms with Gasteiger partial charge in [0.15, 0.2) is 23.7 Å². The maximum atomic E-state index is 13.9. The number of rotatable bonds is 6. The Morgan fingerprint density at radius 2 is 1.65 bits per heavy atom. The molecule has 2 aromatic carbocycles. The number of phenolic OH excluding ortho intramolecular Hbond substituents is 1. The van der Waals surface area contributed by atoms with Crippen LogP contribution < -0.4 is 4.74 Å². The van der Waals surface area contributed by atoms with Gasteiger partial charge in [0.05, 0.1) is 28.2 Å². The minimum absolute atomic E-state index is 0.0157. The van der Waals surface area contributed by atoms with E-state index in [0.717, 1.165) is 30.3 Å². The molecule has 7 atom stereocenters. The average Bonchev–Trinajstić information content (AvgIpc) is 3.71. The third-order valence-electron chi connectivity index (χ3n) is 10.7. The number of hydrogen-bond acceptors (Lipinski definition) is 10. The summed E-state index contributed by atoms with van der Waals surface area (Å²) in [5.41, 5.74) is 0.244. The summed E-state index contributed by atoms with van der Waals surface area (Å²) < 4.78 is 20.4. The molecule has 8 rings (SSSR count). The predicted molar refractivity (Wildman–Crippen MR) is 153 cm³/mol. The molecule has 1 spiro atoms. The number of carbonyl (C=O) groups excluding carboxylic acids is 2. The van der Waals surface area contributed by atoms with Gasteiger partial charge >= 0.3 is 11.9 Å². The number of halogens is 1. The lowest BCUT2D eigenvalue weighted by atomic mass is 9.48. The van der Waals surface area contributed by atoms with Crippen molar-refractivity contribution in [2.24, 2.45) is 5.92 Å². The molecule has 2 saturated carbocycles. The van der Waals surface area contributed by atoms with Gasteiger partial charge in [-0.1, -0.05) is 6.07 Å². The lowest BCUT2D eigenvalue weighted by Gasteiger charge is -2.64. The van der Waals surface area contributed by atoms with Gasteiger partial charge in [-0.25, -0.2) is 14.0 Å². The van der Waals surface area contributed by atoms with Crippen molar-refractivity contribution in [1.82, 2.24) is 9.80 Å². The third-order valence-corrected chi connectivity index (χ3v) is 10.7. The highest BCUT2D eigenvalue weighted by Crippen LogP contribution is 2.66.